The lowest BCUT2D eigenvalue weighted by Crippen LogP contribution is -2.35. The minimum atomic E-state index is -0.0402. The summed E-state index contributed by atoms with van der Waals surface area (Å²) < 4.78 is 5.34. The molecule has 0 saturated carbocycles. The molecule has 2 rings (SSSR count). The zero-order chi connectivity index (χ0) is 12.1. The molecule has 0 radical (unpaired) electrons. The number of hydrogen-bond donors (Lipinski definition) is 2. The van der Waals surface area contributed by atoms with Crippen LogP contribution >= 0.6 is 12.4 Å². The summed E-state index contributed by atoms with van der Waals surface area (Å²) in [4.78, 5) is 11.8. The van der Waals surface area contributed by atoms with Crippen molar-refractivity contribution in [3.63, 3.8) is 0 Å². The molecule has 1 heterocycles. The fourth-order valence-corrected chi connectivity index (χ4v) is 1.94. The van der Waals surface area contributed by atoms with Crippen LogP contribution in [0.15, 0.2) is 24.3 Å². The highest BCUT2D eigenvalue weighted by Crippen LogP contribution is 2.16. The maximum Gasteiger partial charge on any atom is 0.241 e. The number of hydrogen-bond acceptors (Lipinski definition) is 3. The van der Waals surface area contributed by atoms with Crippen molar-refractivity contribution in [2.75, 3.05) is 18.5 Å². The van der Waals surface area contributed by atoms with Crippen LogP contribution < -0.4 is 15.4 Å². The van der Waals surface area contributed by atoms with Crippen LogP contribution in [0.2, 0.25) is 0 Å². The summed E-state index contributed by atoms with van der Waals surface area (Å²) >= 11 is 0. The van der Waals surface area contributed by atoms with Gasteiger partial charge in [-0.3, -0.25) is 4.79 Å². The summed E-state index contributed by atoms with van der Waals surface area (Å²) in [6, 6.07) is 7.40. The van der Waals surface area contributed by atoms with E-state index < -0.39 is 0 Å². The molecule has 0 unspecified atom stereocenters. The summed E-state index contributed by atoms with van der Waals surface area (Å²) in [7, 11) is 0. The monoisotopic (exact) mass is 270 g/mol. The molecule has 1 saturated heterocycles. The summed E-state index contributed by atoms with van der Waals surface area (Å²) in [5.74, 6) is 0.871. The van der Waals surface area contributed by atoms with E-state index in [-0.39, 0.29) is 24.4 Å². The number of rotatable bonds is 4. The molecule has 1 amide bonds. The van der Waals surface area contributed by atoms with Crippen LogP contribution in [-0.2, 0) is 4.79 Å². The molecule has 1 aliphatic heterocycles. The summed E-state index contributed by atoms with van der Waals surface area (Å²) in [6.07, 6.45) is 1.99. The predicted molar refractivity (Wildman–Crippen MR) is 74.5 cm³/mol. The van der Waals surface area contributed by atoms with E-state index in [4.69, 9.17) is 4.74 Å². The molecule has 1 fully saturated rings. The third-order valence-corrected chi connectivity index (χ3v) is 2.81. The zero-order valence-corrected chi connectivity index (χ0v) is 11.3. The summed E-state index contributed by atoms with van der Waals surface area (Å²) in [5.41, 5.74) is 0.812. The molecule has 18 heavy (non-hydrogen) atoms. The molecule has 5 heteroatoms. The van der Waals surface area contributed by atoms with E-state index in [1.165, 1.54) is 0 Å². The first kappa shape index (κ1) is 14.8. The molecule has 2 N–H and O–H groups in total. The van der Waals surface area contributed by atoms with Gasteiger partial charge in [0.2, 0.25) is 5.91 Å². The van der Waals surface area contributed by atoms with Gasteiger partial charge in [0.1, 0.15) is 5.75 Å². The van der Waals surface area contributed by atoms with Crippen molar-refractivity contribution in [2.24, 2.45) is 0 Å². The van der Waals surface area contributed by atoms with Crippen LogP contribution in [0.25, 0.3) is 0 Å². The SMILES string of the molecule is CCOc1ccc(NC(=O)[C@@H]2CCCN2)cc1.Cl. The summed E-state index contributed by atoms with van der Waals surface area (Å²) in [5, 5.41) is 6.07. The average Bonchev–Trinajstić information content (AvgIpc) is 2.86. The van der Waals surface area contributed by atoms with Gasteiger partial charge in [0.15, 0.2) is 0 Å². The van der Waals surface area contributed by atoms with Gasteiger partial charge < -0.3 is 15.4 Å². The second-order valence-electron chi connectivity index (χ2n) is 4.10. The highest BCUT2D eigenvalue weighted by molar-refractivity contribution is 5.95. The topological polar surface area (TPSA) is 50.4 Å². The Balaban J connectivity index is 0.00000162. The Morgan fingerprint density at radius 2 is 2.17 bits per heavy atom. The van der Waals surface area contributed by atoms with Gasteiger partial charge in [0.05, 0.1) is 12.6 Å². The van der Waals surface area contributed by atoms with E-state index in [1.807, 2.05) is 31.2 Å². The van der Waals surface area contributed by atoms with Crippen molar-refractivity contribution in [3.05, 3.63) is 24.3 Å². The van der Waals surface area contributed by atoms with Crippen molar-refractivity contribution in [1.82, 2.24) is 5.32 Å². The van der Waals surface area contributed by atoms with Gasteiger partial charge in [-0.15, -0.1) is 12.4 Å². The fraction of sp³-hybridized carbons (Fsp3) is 0.462. The average molecular weight is 271 g/mol. The first-order chi connectivity index (χ1) is 8.29. The predicted octanol–water partition coefficient (Wildman–Crippen LogP) is 2.20. The lowest BCUT2D eigenvalue weighted by Gasteiger charge is -2.11. The molecule has 0 bridgehead atoms. The normalized spacial score (nSPS) is 17.9. The number of carbonyl (C=O) groups excluding carboxylic acids is 1. The first-order valence-electron chi connectivity index (χ1n) is 6.06. The van der Waals surface area contributed by atoms with E-state index in [0.29, 0.717) is 6.61 Å². The van der Waals surface area contributed by atoms with E-state index in [1.54, 1.807) is 0 Å². The van der Waals surface area contributed by atoms with E-state index in [2.05, 4.69) is 10.6 Å². The van der Waals surface area contributed by atoms with Gasteiger partial charge in [-0.1, -0.05) is 0 Å². The molecule has 0 aliphatic carbocycles. The van der Waals surface area contributed by atoms with Gasteiger partial charge in [0.25, 0.3) is 0 Å². The highest BCUT2D eigenvalue weighted by Gasteiger charge is 2.21. The zero-order valence-electron chi connectivity index (χ0n) is 10.4. The minimum Gasteiger partial charge on any atom is -0.494 e. The maximum absolute atomic E-state index is 11.8. The number of anilines is 1. The third-order valence-electron chi connectivity index (χ3n) is 2.81. The van der Waals surface area contributed by atoms with Crippen molar-refractivity contribution in [3.8, 4) is 5.75 Å². The number of halogens is 1. The van der Waals surface area contributed by atoms with E-state index >= 15 is 0 Å². The van der Waals surface area contributed by atoms with Crippen LogP contribution in [0.1, 0.15) is 19.8 Å². The van der Waals surface area contributed by atoms with E-state index in [9.17, 15) is 4.79 Å². The quantitative estimate of drug-likeness (QED) is 0.882. The van der Waals surface area contributed by atoms with Crippen molar-refractivity contribution in [1.29, 1.82) is 0 Å². The first-order valence-corrected chi connectivity index (χ1v) is 6.06. The Morgan fingerprint density at radius 3 is 2.72 bits per heavy atom. The van der Waals surface area contributed by atoms with Gasteiger partial charge in [-0.05, 0) is 50.6 Å². The number of carbonyl (C=O) groups is 1. The van der Waals surface area contributed by atoms with Crippen molar-refractivity contribution < 1.29 is 9.53 Å². The number of benzene rings is 1. The molecule has 1 aromatic carbocycles. The van der Waals surface area contributed by atoms with Gasteiger partial charge in [0, 0.05) is 5.69 Å². The van der Waals surface area contributed by atoms with Crippen LogP contribution in [0, 0.1) is 0 Å². The Kier molecular flexibility index (Phi) is 5.95. The van der Waals surface area contributed by atoms with Crippen LogP contribution in [0.3, 0.4) is 0 Å². The molecule has 0 aromatic heterocycles. The largest absolute Gasteiger partial charge is 0.494 e. The Labute approximate surface area is 114 Å². The smallest absolute Gasteiger partial charge is 0.241 e. The fourth-order valence-electron chi connectivity index (χ4n) is 1.94. The molecular weight excluding hydrogens is 252 g/mol. The molecule has 4 nitrogen and oxygen atoms in total. The second-order valence-corrected chi connectivity index (χ2v) is 4.10. The minimum absolute atomic E-state index is 0. The second kappa shape index (κ2) is 7.24. The van der Waals surface area contributed by atoms with Crippen LogP contribution in [-0.4, -0.2) is 25.1 Å². The highest BCUT2D eigenvalue weighted by atomic mass is 35.5. The lowest BCUT2D eigenvalue weighted by molar-refractivity contribution is -0.117. The Hall–Kier alpha value is -1.26. The van der Waals surface area contributed by atoms with Gasteiger partial charge in [-0.25, -0.2) is 0 Å². The third kappa shape index (κ3) is 3.89. The van der Waals surface area contributed by atoms with Crippen molar-refractivity contribution in [2.45, 2.75) is 25.8 Å². The van der Waals surface area contributed by atoms with Crippen molar-refractivity contribution >= 4 is 24.0 Å². The molecule has 1 aliphatic rings. The maximum atomic E-state index is 11.8. The van der Waals surface area contributed by atoms with Crippen LogP contribution in [0.4, 0.5) is 5.69 Å². The Bertz CT molecular complexity index is 375. The molecular formula is C13H19ClN2O2. The van der Waals surface area contributed by atoms with Gasteiger partial charge in [-0.2, -0.15) is 0 Å². The van der Waals surface area contributed by atoms with Crippen LogP contribution in [0.5, 0.6) is 5.75 Å². The number of nitrogens with one attached hydrogen (secondary N) is 2. The number of ether oxygens (including phenoxy) is 1. The van der Waals surface area contributed by atoms with Gasteiger partial charge >= 0.3 is 0 Å². The standard InChI is InChI=1S/C13H18N2O2.ClH/c1-2-17-11-7-5-10(6-8-11)15-13(16)12-4-3-9-14-12;/h5-8,12,14H,2-4,9H2,1H3,(H,15,16);1H/t12-;/m0./s1. The molecule has 1 atom stereocenters. The molecule has 100 valence electrons. The molecule has 0 spiro atoms. The summed E-state index contributed by atoms with van der Waals surface area (Å²) in [6.45, 7) is 3.53. The van der Waals surface area contributed by atoms with E-state index in [0.717, 1.165) is 30.8 Å². The Morgan fingerprint density at radius 1 is 1.44 bits per heavy atom. The lowest BCUT2D eigenvalue weighted by atomic mass is 10.2. The number of amides is 1. The molecule has 1 aromatic rings.